The van der Waals surface area contributed by atoms with E-state index in [1.54, 1.807) is 6.07 Å². The Morgan fingerprint density at radius 1 is 1.64 bits per heavy atom. The van der Waals surface area contributed by atoms with Crippen molar-refractivity contribution in [1.82, 2.24) is 4.98 Å². The topological polar surface area (TPSA) is 48.7 Å². The molecule has 0 radical (unpaired) electrons. The lowest BCUT2D eigenvalue weighted by Crippen LogP contribution is -2.11. The van der Waals surface area contributed by atoms with Crippen molar-refractivity contribution >= 4 is 17.4 Å². The van der Waals surface area contributed by atoms with E-state index in [0.29, 0.717) is 17.4 Å². The number of pyridine rings is 1. The Labute approximate surface area is 88.7 Å². The van der Waals surface area contributed by atoms with Gasteiger partial charge in [0.2, 0.25) is 0 Å². The SMILES string of the molecule is Cc1ccc(Cl)c(NCC(C)C#N)n1. The van der Waals surface area contributed by atoms with Gasteiger partial charge in [0.05, 0.1) is 17.0 Å². The molecule has 1 unspecified atom stereocenters. The van der Waals surface area contributed by atoms with Crippen molar-refractivity contribution in [3.05, 3.63) is 22.8 Å². The van der Waals surface area contributed by atoms with Gasteiger partial charge in [-0.25, -0.2) is 4.98 Å². The summed E-state index contributed by atoms with van der Waals surface area (Å²) in [6.07, 6.45) is 0. The Balaban J connectivity index is 2.67. The Hall–Kier alpha value is -1.27. The number of rotatable bonds is 3. The monoisotopic (exact) mass is 209 g/mol. The lowest BCUT2D eigenvalue weighted by atomic mass is 10.2. The minimum absolute atomic E-state index is 0.0478. The second-order valence-electron chi connectivity index (χ2n) is 3.19. The van der Waals surface area contributed by atoms with Gasteiger partial charge in [-0.15, -0.1) is 0 Å². The molecule has 4 heteroatoms. The van der Waals surface area contributed by atoms with E-state index in [9.17, 15) is 0 Å². The van der Waals surface area contributed by atoms with Crippen LogP contribution in [0.2, 0.25) is 5.02 Å². The quantitative estimate of drug-likeness (QED) is 0.833. The molecule has 1 atom stereocenters. The van der Waals surface area contributed by atoms with Crippen molar-refractivity contribution in [2.24, 2.45) is 5.92 Å². The Morgan fingerprint density at radius 2 is 2.36 bits per heavy atom. The summed E-state index contributed by atoms with van der Waals surface area (Å²) in [5, 5.41) is 12.2. The van der Waals surface area contributed by atoms with Crippen LogP contribution in [-0.4, -0.2) is 11.5 Å². The molecule has 1 rings (SSSR count). The van der Waals surface area contributed by atoms with Crippen LogP contribution in [0.3, 0.4) is 0 Å². The van der Waals surface area contributed by atoms with Crippen molar-refractivity contribution in [2.45, 2.75) is 13.8 Å². The third-order valence-corrected chi connectivity index (χ3v) is 2.09. The zero-order valence-corrected chi connectivity index (χ0v) is 8.97. The zero-order chi connectivity index (χ0) is 10.6. The highest BCUT2D eigenvalue weighted by atomic mass is 35.5. The smallest absolute Gasteiger partial charge is 0.145 e. The molecule has 3 nitrogen and oxygen atoms in total. The van der Waals surface area contributed by atoms with E-state index in [1.165, 1.54) is 0 Å². The molecule has 0 aliphatic carbocycles. The van der Waals surface area contributed by atoms with Gasteiger partial charge in [0.15, 0.2) is 0 Å². The normalized spacial score (nSPS) is 11.9. The van der Waals surface area contributed by atoms with Crippen LogP contribution >= 0.6 is 11.6 Å². The molecule has 0 saturated carbocycles. The molecule has 1 aromatic heterocycles. The van der Waals surface area contributed by atoms with E-state index in [-0.39, 0.29) is 5.92 Å². The van der Waals surface area contributed by atoms with Gasteiger partial charge in [-0.2, -0.15) is 5.26 Å². The van der Waals surface area contributed by atoms with Gasteiger partial charge >= 0.3 is 0 Å². The molecule has 1 N–H and O–H groups in total. The van der Waals surface area contributed by atoms with Gasteiger partial charge < -0.3 is 5.32 Å². The summed E-state index contributed by atoms with van der Waals surface area (Å²) in [5.41, 5.74) is 0.904. The van der Waals surface area contributed by atoms with Crippen molar-refractivity contribution in [2.75, 3.05) is 11.9 Å². The molecule has 74 valence electrons. The molecule has 0 fully saturated rings. The highest BCUT2D eigenvalue weighted by Crippen LogP contribution is 2.19. The number of nitriles is 1. The number of nitrogens with one attached hydrogen (secondary N) is 1. The minimum atomic E-state index is -0.0478. The molecule has 1 heterocycles. The largest absolute Gasteiger partial charge is 0.368 e. The maximum Gasteiger partial charge on any atom is 0.145 e. The van der Waals surface area contributed by atoms with E-state index in [2.05, 4.69) is 16.4 Å². The van der Waals surface area contributed by atoms with Crippen LogP contribution < -0.4 is 5.32 Å². The average Bonchev–Trinajstić information content (AvgIpc) is 2.19. The fraction of sp³-hybridized carbons (Fsp3) is 0.400. The Morgan fingerprint density at radius 3 is 3.00 bits per heavy atom. The first-order valence-electron chi connectivity index (χ1n) is 4.40. The van der Waals surface area contributed by atoms with E-state index in [0.717, 1.165) is 5.69 Å². The molecule has 0 saturated heterocycles. The second-order valence-corrected chi connectivity index (χ2v) is 3.60. The molecule has 0 aliphatic rings. The molecule has 0 aromatic carbocycles. The Kier molecular flexibility index (Phi) is 3.73. The summed E-state index contributed by atoms with van der Waals surface area (Å²) in [5.74, 6) is 0.599. The van der Waals surface area contributed by atoms with Crippen LogP contribution in [0.1, 0.15) is 12.6 Å². The summed E-state index contributed by atoms with van der Waals surface area (Å²) in [6.45, 7) is 4.30. The standard InChI is InChI=1S/C10H12ClN3/c1-7(5-12)6-13-10-9(11)4-3-8(2)14-10/h3-4,7H,6H2,1-2H3,(H,13,14). The summed E-state index contributed by atoms with van der Waals surface area (Å²) >= 11 is 5.91. The highest BCUT2D eigenvalue weighted by Gasteiger charge is 2.04. The summed E-state index contributed by atoms with van der Waals surface area (Å²) < 4.78 is 0. The number of hydrogen-bond donors (Lipinski definition) is 1. The number of nitrogens with zero attached hydrogens (tertiary/aromatic N) is 2. The van der Waals surface area contributed by atoms with E-state index < -0.39 is 0 Å². The highest BCUT2D eigenvalue weighted by molar-refractivity contribution is 6.32. The van der Waals surface area contributed by atoms with Gasteiger partial charge in [0.1, 0.15) is 5.82 Å². The number of anilines is 1. The van der Waals surface area contributed by atoms with E-state index in [1.807, 2.05) is 19.9 Å². The predicted octanol–water partition coefficient (Wildman–Crippen LogP) is 2.62. The van der Waals surface area contributed by atoms with E-state index in [4.69, 9.17) is 16.9 Å². The number of halogens is 1. The van der Waals surface area contributed by atoms with E-state index >= 15 is 0 Å². The maximum atomic E-state index is 8.59. The van der Waals surface area contributed by atoms with Crippen LogP contribution in [-0.2, 0) is 0 Å². The average molecular weight is 210 g/mol. The first kappa shape index (κ1) is 10.8. The summed E-state index contributed by atoms with van der Waals surface area (Å²) in [6, 6.07) is 5.78. The fourth-order valence-electron chi connectivity index (χ4n) is 0.959. The predicted molar refractivity (Wildman–Crippen MR) is 57.3 cm³/mol. The van der Waals surface area contributed by atoms with Crippen LogP contribution in [0.5, 0.6) is 0 Å². The van der Waals surface area contributed by atoms with Gasteiger partial charge in [-0.1, -0.05) is 11.6 Å². The first-order valence-corrected chi connectivity index (χ1v) is 4.78. The molecule has 14 heavy (non-hydrogen) atoms. The first-order chi connectivity index (χ1) is 6.63. The van der Waals surface area contributed by atoms with Crippen LogP contribution in [0.25, 0.3) is 0 Å². The molecule has 0 bridgehead atoms. The van der Waals surface area contributed by atoms with Gasteiger partial charge in [0.25, 0.3) is 0 Å². The van der Waals surface area contributed by atoms with Crippen molar-refractivity contribution in [1.29, 1.82) is 5.26 Å². The molecular formula is C10H12ClN3. The van der Waals surface area contributed by atoms with Crippen LogP contribution in [0.15, 0.2) is 12.1 Å². The van der Waals surface area contributed by atoms with Crippen LogP contribution in [0.4, 0.5) is 5.82 Å². The third kappa shape index (κ3) is 2.90. The number of hydrogen-bond acceptors (Lipinski definition) is 3. The van der Waals surface area contributed by atoms with Gasteiger partial charge in [0, 0.05) is 12.2 Å². The molecule has 0 aliphatic heterocycles. The van der Waals surface area contributed by atoms with Crippen molar-refractivity contribution in [3.8, 4) is 6.07 Å². The third-order valence-electron chi connectivity index (χ3n) is 1.78. The molecule has 0 spiro atoms. The number of aryl methyl sites for hydroxylation is 1. The second kappa shape index (κ2) is 4.83. The van der Waals surface area contributed by atoms with Gasteiger partial charge in [-0.3, -0.25) is 0 Å². The zero-order valence-electron chi connectivity index (χ0n) is 8.21. The fourth-order valence-corrected chi connectivity index (χ4v) is 1.13. The van der Waals surface area contributed by atoms with Crippen molar-refractivity contribution in [3.63, 3.8) is 0 Å². The molecule has 0 amide bonds. The van der Waals surface area contributed by atoms with Gasteiger partial charge in [-0.05, 0) is 26.0 Å². The maximum absolute atomic E-state index is 8.59. The minimum Gasteiger partial charge on any atom is -0.368 e. The van der Waals surface area contributed by atoms with Crippen molar-refractivity contribution < 1.29 is 0 Å². The molecular weight excluding hydrogens is 198 g/mol. The lowest BCUT2D eigenvalue weighted by molar-refractivity contribution is 0.782. The Bertz CT molecular complexity index is 357. The summed E-state index contributed by atoms with van der Waals surface area (Å²) in [7, 11) is 0. The lowest BCUT2D eigenvalue weighted by Gasteiger charge is -2.08. The van der Waals surface area contributed by atoms with Crippen LogP contribution in [0, 0.1) is 24.2 Å². The molecule has 1 aromatic rings. The summed E-state index contributed by atoms with van der Waals surface area (Å²) in [4.78, 5) is 4.23. The number of aromatic nitrogens is 1.